The van der Waals surface area contributed by atoms with Crippen LogP contribution in [-0.4, -0.2) is 17.0 Å². The summed E-state index contributed by atoms with van der Waals surface area (Å²) >= 11 is 0. The highest BCUT2D eigenvalue weighted by Crippen LogP contribution is 2.21. The first kappa shape index (κ1) is 10.1. The zero-order chi connectivity index (χ0) is 10.7. The van der Waals surface area contributed by atoms with Crippen molar-refractivity contribution in [3.63, 3.8) is 0 Å². The number of allylic oxidation sites excluding steroid dienone is 1. The van der Waals surface area contributed by atoms with Crippen LogP contribution in [0.4, 0.5) is 0 Å². The predicted molar refractivity (Wildman–Crippen MR) is 58.7 cm³/mol. The Morgan fingerprint density at radius 3 is 2.67 bits per heavy atom. The Balaban J connectivity index is 2.25. The Morgan fingerprint density at radius 1 is 1.27 bits per heavy atom. The Hall–Kier alpha value is -1.41. The molecule has 1 aliphatic carbocycles. The summed E-state index contributed by atoms with van der Waals surface area (Å²) < 4.78 is 0. The van der Waals surface area contributed by atoms with Gasteiger partial charge in [0.2, 0.25) is 0 Å². The van der Waals surface area contributed by atoms with Gasteiger partial charge in [0.15, 0.2) is 5.78 Å². The number of rotatable bonds is 2. The van der Waals surface area contributed by atoms with E-state index in [-0.39, 0.29) is 5.78 Å². The highest BCUT2D eigenvalue weighted by molar-refractivity contribution is 6.09. The first-order valence-electron chi connectivity index (χ1n) is 5.27. The predicted octanol–water partition coefficient (Wildman–Crippen LogP) is 2.34. The fraction of sp³-hybridized carbons (Fsp3) is 0.308. The highest BCUT2D eigenvalue weighted by atomic mass is 16.3. The number of benzene rings is 1. The monoisotopic (exact) mass is 202 g/mol. The molecule has 0 spiro atoms. The number of carbonyl (C=O) groups excluding carboxylic acids is 1. The average molecular weight is 202 g/mol. The maximum absolute atomic E-state index is 12.0. The van der Waals surface area contributed by atoms with E-state index in [0.717, 1.165) is 12.8 Å². The Labute approximate surface area is 89.2 Å². The highest BCUT2D eigenvalue weighted by Gasteiger charge is 2.21. The van der Waals surface area contributed by atoms with Gasteiger partial charge in [-0.2, -0.15) is 0 Å². The zero-order valence-corrected chi connectivity index (χ0v) is 8.52. The van der Waals surface area contributed by atoms with Crippen LogP contribution in [0.2, 0.25) is 0 Å². The van der Waals surface area contributed by atoms with E-state index < -0.39 is 6.10 Å². The van der Waals surface area contributed by atoms with Crippen molar-refractivity contribution in [2.75, 3.05) is 0 Å². The number of carbonyl (C=O) groups is 1. The van der Waals surface area contributed by atoms with Crippen molar-refractivity contribution in [1.29, 1.82) is 0 Å². The summed E-state index contributed by atoms with van der Waals surface area (Å²) in [5, 5.41) is 9.71. The van der Waals surface area contributed by atoms with Gasteiger partial charge >= 0.3 is 0 Å². The molecule has 1 atom stereocenters. The van der Waals surface area contributed by atoms with Crippen molar-refractivity contribution in [3.8, 4) is 0 Å². The first-order chi connectivity index (χ1) is 7.29. The molecule has 0 fully saturated rings. The molecule has 0 amide bonds. The van der Waals surface area contributed by atoms with E-state index in [4.69, 9.17) is 0 Å². The summed E-state index contributed by atoms with van der Waals surface area (Å²) in [7, 11) is 0. The van der Waals surface area contributed by atoms with E-state index in [1.165, 1.54) is 0 Å². The SMILES string of the molecule is O=C(C1=CCCCC1O)c1ccccc1. The third kappa shape index (κ3) is 2.16. The summed E-state index contributed by atoms with van der Waals surface area (Å²) in [6.45, 7) is 0. The molecule has 15 heavy (non-hydrogen) atoms. The minimum absolute atomic E-state index is 0.0391. The molecular weight excluding hydrogens is 188 g/mol. The summed E-state index contributed by atoms with van der Waals surface area (Å²) in [4.78, 5) is 12.0. The lowest BCUT2D eigenvalue weighted by Crippen LogP contribution is -2.20. The number of hydrogen-bond acceptors (Lipinski definition) is 2. The zero-order valence-electron chi connectivity index (χ0n) is 8.52. The molecule has 1 aromatic carbocycles. The second-order valence-corrected chi connectivity index (χ2v) is 3.80. The van der Waals surface area contributed by atoms with Crippen molar-refractivity contribution >= 4 is 5.78 Å². The van der Waals surface area contributed by atoms with E-state index in [0.29, 0.717) is 17.6 Å². The molecule has 1 aliphatic rings. The maximum Gasteiger partial charge on any atom is 0.191 e. The molecule has 1 N–H and O–H groups in total. The van der Waals surface area contributed by atoms with Gasteiger partial charge in [0, 0.05) is 11.1 Å². The van der Waals surface area contributed by atoms with Crippen LogP contribution in [0.3, 0.4) is 0 Å². The number of Topliss-reactive ketones (excluding diaryl/α,β-unsaturated/α-hetero) is 1. The molecule has 0 bridgehead atoms. The van der Waals surface area contributed by atoms with Crippen LogP contribution in [0.25, 0.3) is 0 Å². The van der Waals surface area contributed by atoms with Gasteiger partial charge in [0.25, 0.3) is 0 Å². The molecule has 0 aliphatic heterocycles. The molecule has 0 heterocycles. The second-order valence-electron chi connectivity index (χ2n) is 3.80. The molecule has 0 saturated heterocycles. The molecule has 0 radical (unpaired) electrons. The Morgan fingerprint density at radius 2 is 2.00 bits per heavy atom. The number of aliphatic hydroxyl groups excluding tert-OH is 1. The van der Waals surface area contributed by atoms with E-state index in [9.17, 15) is 9.90 Å². The number of hydrogen-bond donors (Lipinski definition) is 1. The quantitative estimate of drug-likeness (QED) is 0.747. The van der Waals surface area contributed by atoms with E-state index in [2.05, 4.69) is 0 Å². The van der Waals surface area contributed by atoms with Crippen molar-refractivity contribution in [3.05, 3.63) is 47.5 Å². The summed E-state index contributed by atoms with van der Waals surface area (Å²) in [5.41, 5.74) is 1.22. The van der Waals surface area contributed by atoms with Crippen LogP contribution < -0.4 is 0 Å². The van der Waals surface area contributed by atoms with Gasteiger partial charge in [-0.25, -0.2) is 0 Å². The van der Waals surface area contributed by atoms with Crippen LogP contribution in [0, 0.1) is 0 Å². The molecule has 2 heteroatoms. The van der Waals surface area contributed by atoms with Crippen LogP contribution in [0.15, 0.2) is 42.0 Å². The molecule has 2 nitrogen and oxygen atoms in total. The van der Waals surface area contributed by atoms with Crippen molar-refractivity contribution in [1.82, 2.24) is 0 Å². The fourth-order valence-electron chi connectivity index (χ4n) is 1.86. The summed E-state index contributed by atoms with van der Waals surface area (Å²) in [6.07, 6.45) is 3.84. The number of ketones is 1. The lowest BCUT2D eigenvalue weighted by Gasteiger charge is -2.18. The van der Waals surface area contributed by atoms with Crippen LogP contribution in [0.1, 0.15) is 29.6 Å². The minimum atomic E-state index is -0.577. The van der Waals surface area contributed by atoms with Gasteiger partial charge in [-0.1, -0.05) is 36.4 Å². The topological polar surface area (TPSA) is 37.3 Å². The summed E-state index contributed by atoms with van der Waals surface area (Å²) in [6, 6.07) is 9.11. The van der Waals surface area contributed by atoms with Gasteiger partial charge in [-0.05, 0) is 19.3 Å². The van der Waals surface area contributed by atoms with E-state index in [1.807, 2.05) is 24.3 Å². The van der Waals surface area contributed by atoms with Gasteiger partial charge in [0.1, 0.15) is 0 Å². The molecular formula is C13H14O2. The fourth-order valence-corrected chi connectivity index (χ4v) is 1.86. The van der Waals surface area contributed by atoms with Crippen LogP contribution in [-0.2, 0) is 0 Å². The first-order valence-corrected chi connectivity index (χ1v) is 5.27. The third-order valence-electron chi connectivity index (χ3n) is 2.70. The largest absolute Gasteiger partial charge is 0.388 e. The van der Waals surface area contributed by atoms with Crippen molar-refractivity contribution < 1.29 is 9.90 Å². The Bertz CT molecular complexity index is 379. The average Bonchev–Trinajstić information content (AvgIpc) is 2.30. The molecule has 1 unspecified atom stereocenters. The molecule has 78 valence electrons. The molecule has 1 aromatic rings. The smallest absolute Gasteiger partial charge is 0.191 e. The van der Waals surface area contributed by atoms with Crippen molar-refractivity contribution in [2.45, 2.75) is 25.4 Å². The van der Waals surface area contributed by atoms with Gasteiger partial charge in [0.05, 0.1) is 6.10 Å². The molecule has 0 aromatic heterocycles. The van der Waals surface area contributed by atoms with Gasteiger partial charge in [-0.3, -0.25) is 4.79 Å². The summed E-state index contributed by atoms with van der Waals surface area (Å²) in [5.74, 6) is -0.0391. The normalized spacial score (nSPS) is 20.9. The maximum atomic E-state index is 12.0. The van der Waals surface area contributed by atoms with E-state index >= 15 is 0 Å². The third-order valence-corrected chi connectivity index (χ3v) is 2.70. The van der Waals surface area contributed by atoms with Gasteiger partial charge in [-0.15, -0.1) is 0 Å². The number of aliphatic hydroxyl groups is 1. The lowest BCUT2D eigenvalue weighted by molar-refractivity contribution is 0.0975. The minimum Gasteiger partial charge on any atom is -0.388 e. The van der Waals surface area contributed by atoms with Crippen LogP contribution >= 0.6 is 0 Å². The standard InChI is InChI=1S/C13H14O2/c14-12-9-5-4-8-11(12)13(15)10-6-2-1-3-7-10/h1-3,6-8,12,14H,4-5,9H2. The van der Waals surface area contributed by atoms with Crippen molar-refractivity contribution in [2.24, 2.45) is 0 Å². The second kappa shape index (κ2) is 4.41. The Kier molecular flexibility index (Phi) is 2.97. The molecule has 2 rings (SSSR count). The van der Waals surface area contributed by atoms with Gasteiger partial charge < -0.3 is 5.11 Å². The van der Waals surface area contributed by atoms with E-state index in [1.54, 1.807) is 12.1 Å². The van der Waals surface area contributed by atoms with Crippen LogP contribution in [0.5, 0.6) is 0 Å². The lowest BCUT2D eigenvalue weighted by atomic mass is 9.91. The molecule has 0 saturated carbocycles.